The third-order valence-electron chi connectivity index (χ3n) is 3.75. The maximum absolute atomic E-state index is 12.8. The second kappa shape index (κ2) is 9.57. The highest BCUT2D eigenvalue weighted by molar-refractivity contribution is 5.99. The average molecular weight is 343 g/mol. The molecule has 0 spiro atoms. The highest BCUT2D eigenvalue weighted by Crippen LogP contribution is 2.12. The van der Waals surface area contributed by atoms with Gasteiger partial charge >= 0.3 is 0 Å². The Morgan fingerprint density at radius 2 is 1.76 bits per heavy atom. The summed E-state index contributed by atoms with van der Waals surface area (Å²) in [6.07, 6.45) is 1.00. The number of halogens is 1. The van der Waals surface area contributed by atoms with E-state index < -0.39 is 0 Å². The summed E-state index contributed by atoms with van der Waals surface area (Å²) in [7, 11) is 0. The molecule has 1 amide bonds. The fraction of sp³-hybridized carbons (Fsp3) is 0.300. The number of Topliss-reactive ketones (excluding diaryl/α,β-unsaturated/α-hetero) is 1. The molecule has 0 aliphatic rings. The van der Waals surface area contributed by atoms with Crippen molar-refractivity contribution in [3.63, 3.8) is 0 Å². The fourth-order valence-corrected chi connectivity index (χ4v) is 2.36. The first kappa shape index (κ1) is 18.6. The lowest BCUT2D eigenvalue weighted by molar-refractivity contribution is -0.121. The number of hydrogen-bond donors (Lipinski definition) is 1. The summed E-state index contributed by atoms with van der Waals surface area (Å²) in [6.45, 7) is 2.78. The number of amides is 1. The molecule has 2 aromatic carbocycles. The largest absolute Gasteiger partial charge is 0.494 e. The summed E-state index contributed by atoms with van der Waals surface area (Å²) in [5.41, 5.74) is 1.59. The first-order valence-corrected chi connectivity index (χ1v) is 8.30. The van der Waals surface area contributed by atoms with Gasteiger partial charge in [-0.2, -0.15) is 0 Å². The van der Waals surface area contributed by atoms with Gasteiger partial charge in [-0.25, -0.2) is 4.39 Å². The minimum absolute atomic E-state index is 0.0205. The number of ketones is 1. The molecule has 0 fully saturated rings. The van der Waals surface area contributed by atoms with E-state index in [1.165, 1.54) is 12.1 Å². The molecular weight excluding hydrogens is 321 g/mol. The maximum Gasteiger partial charge on any atom is 0.220 e. The van der Waals surface area contributed by atoms with Crippen LogP contribution < -0.4 is 10.1 Å². The summed E-state index contributed by atoms with van der Waals surface area (Å²) in [5.74, 6) is 0.119. The average Bonchev–Trinajstić information content (AvgIpc) is 2.61. The van der Waals surface area contributed by atoms with Gasteiger partial charge < -0.3 is 10.1 Å². The normalized spacial score (nSPS) is 10.3. The van der Waals surface area contributed by atoms with Crippen LogP contribution in [0.1, 0.15) is 35.2 Å². The van der Waals surface area contributed by atoms with E-state index in [1.54, 1.807) is 18.2 Å². The fourth-order valence-electron chi connectivity index (χ4n) is 2.36. The summed E-state index contributed by atoms with van der Waals surface area (Å²) >= 11 is 0. The standard InChI is InChI=1S/C20H22FNO3/c1-15-5-2-3-6-18(15)19(23)11-12-20(24)22-13-4-14-25-17-9-7-16(21)8-10-17/h2-3,5-10H,4,11-14H2,1H3,(H,22,24). The third kappa shape index (κ3) is 6.37. The molecule has 0 aliphatic heterocycles. The van der Waals surface area contributed by atoms with Crippen molar-refractivity contribution in [3.05, 3.63) is 65.5 Å². The number of carbonyl (C=O) groups excluding carboxylic acids is 2. The molecule has 2 aromatic rings. The number of rotatable bonds is 9. The molecule has 0 unspecified atom stereocenters. The van der Waals surface area contributed by atoms with Crippen LogP contribution in [0.5, 0.6) is 5.75 Å². The number of hydrogen-bond acceptors (Lipinski definition) is 3. The van der Waals surface area contributed by atoms with Crippen LogP contribution in [0.25, 0.3) is 0 Å². The van der Waals surface area contributed by atoms with Gasteiger partial charge in [0.2, 0.25) is 5.91 Å². The molecular formula is C20H22FNO3. The van der Waals surface area contributed by atoms with Crippen LogP contribution in [-0.2, 0) is 4.79 Å². The topological polar surface area (TPSA) is 55.4 Å². The highest BCUT2D eigenvalue weighted by Gasteiger charge is 2.10. The number of nitrogens with one attached hydrogen (secondary N) is 1. The van der Waals surface area contributed by atoms with Crippen molar-refractivity contribution in [2.75, 3.05) is 13.2 Å². The summed E-state index contributed by atoms with van der Waals surface area (Å²) in [5, 5.41) is 2.77. The lowest BCUT2D eigenvalue weighted by atomic mass is 10.0. The Hall–Kier alpha value is -2.69. The number of ether oxygens (including phenoxy) is 1. The van der Waals surface area contributed by atoms with Crippen LogP contribution >= 0.6 is 0 Å². The molecule has 25 heavy (non-hydrogen) atoms. The van der Waals surface area contributed by atoms with Crippen molar-refractivity contribution < 1.29 is 18.7 Å². The van der Waals surface area contributed by atoms with E-state index in [9.17, 15) is 14.0 Å². The Kier molecular flexibility index (Phi) is 7.14. The SMILES string of the molecule is Cc1ccccc1C(=O)CCC(=O)NCCCOc1ccc(F)cc1. The molecule has 132 valence electrons. The molecule has 2 rings (SSSR count). The number of benzene rings is 2. The van der Waals surface area contributed by atoms with Crippen LogP contribution in [0.15, 0.2) is 48.5 Å². The van der Waals surface area contributed by atoms with E-state index in [2.05, 4.69) is 5.32 Å². The van der Waals surface area contributed by atoms with E-state index in [-0.39, 0.29) is 30.3 Å². The lowest BCUT2D eigenvalue weighted by Gasteiger charge is -2.08. The highest BCUT2D eigenvalue weighted by atomic mass is 19.1. The van der Waals surface area contributed by atoms with Crippen molar-refractivity contribution in [1.82, 2.24) is 5.32 Å². The van der Waals surface area contributed by atoms with Gasteiger partial charge in [-0.3, -0.25) is 9.59 Å². The number of carbonyl (C=O) groups is 2. The zero-order valence-corrected chi connectivity index (χ0v) is 14.3. The monoisotopic (exact) mass is 343 g/mol. The molecule has 0 atom stereocenters. The Morgan fingerprint density at radius 1 is 1.04 bits per heavy atom. The number of aryl methyl sites for hydroxylation is 1. The second-order valence-corrected chi connectivity index (χ2v) is 5.74. The Balaban J connectivity index is 1.60. The van der Waals surface area contributed by atoms with Gasteiger partial charge in [-0.15, -0.1) is 0 Å². The van der Waals surface area contributed by atoms with Gasteiger partial charge in [0.05, 0.1) is 6.61 Å². The van der Waals surface area contributed by atoms with Crippen molar-refractivity contribution in [2.24, 2.45) is 0 Å². The summed E-state index contributed by atoms with van der Waals surface area (Å²) in [4.78, 5) is 23.9. The van der Waals surface area contributed by atoms with E-state index in [1.807, 2.05) is 25.1 Å². The molecule has 1 N–H and O–H groups in total. The smallest absolute Gasteiger partial charge is 0.220 e. The molecule has 0 saturated heterocycles. The van der Waals surface area contributed by atoms with Gasteiger partial charge in [0.1, 0.15) is 11.6 Å². The molecule has 0 radical (unpaired) electrons. The van der Waals surface area contributed by atoms with E-state index in [4.69, 9.17) is 4.74 Å². The molecule has 0 bridgehead atoms. The summed E-state index contributed by atoms with van der Waals surface area (Å²) < 4.78 is 18.2. The van der Waals surface area contributed by atoms with Crippen molar-refractivity contribution >= 4 is 11.7 Å². The molecule has 0 saturated carbocycles. The van der Waals surface area contributed by atoms with Crippen LogP contribution in [-0.4, -0.2) is 24.8 Å². The van der Waals surface area contributed by atoms with Gasteiger partial charge in [-0.1, -0.05) is 24.3 Å². The Bertz CT molecular complexity index is 713. The van der Waals surface area contributed by atoms with Gasteiger partial charge in [0.15, 0.2) is 5.78 Å². The third-order valence-corrected chi connectivity index (χ3v) is 3.75. The van der Waals surface area contributed by atoms with Crippen molar-refractivity contribution in [1.29, 1.82) is 0 Å². The predicted octanol–water partition coefficient (Wildman–Crippen LogP) is 3.68. The van der Waals surface area contributed by atoms with Crippen LogP contribution in [0, 0.1) is 12.7 Å². The van der Waals surface area contributed by atoms with Crippen LogP contribution in [0.2, 0.25) is 0 Å². The lowest BCUT2D eigenvalue weighted by Crippen LogP contribution is -2.26. The van der Waals surface area contributed by atoms with E-state index in [0.717, 1.165) is 5.56 Å². The van der Waals surface area contributed by atoms with E-state index >= 15 is 0 Å². The zero-order chi connectivity index (χ0) is 18.1. The second-order valence-electron chi connectivity index (χ2n) is 5.74. The first-order chi connectivity index (χ1) is 12.1. The predicted molar refractivity (Wildman–Crippen MR) is 94.3 cm³/mol. The minimum atomic E-state index is -0.306. The Labute approximate surface area is 147 Å². The maximum atomic E-state index is 12.8. The quantitative estimate of drug-likeness (QED) is 0.558. The Morgan fingerprint density at radius 3 is 2.48 bits per heavy atom. The van der Waals surface area contributed by atoms with E-state index in [0.29, 0.717) is 30.9 Å². The van der Waals surface area contributed by atoms with Crippen molar-refractivity contribution in [2.45, 2.75) is 26.2 Å². The van der Waals surface area contributed by atoms with Crippen LogP contribution in [0.4, 0.5) is 4.39 Å². The summed E-state index contributed by atoms with van der Waals surface area (Å²) in [6, 6.07) is 13.2. The molecule has 4 nitrogen and oxygen atoms in total. The van der Waals surface area contributed by atoms with Gasteiger partial charge in [0.25, 0.3) is 0 Å². The molecule has 0 aliphatic carbocycles. The zero-order valence-electron chi connectivity index (χ0n) is 14.3. The molecule has 5 heteroatoms. The van der Waals surface area contributed by atoms with Gasteiger partial charge in [0, 0.05) is 24.9 Å². The minimum Gasteiger partial charge on any atom is -0.494 e. The molecule has 0 heterocycles. The van der Waals surface area contributed by atoms with Crippen LogP contribution in [0.3, 0.4) is 0 Å². The first-order valence-electron chi connectivity index (χ1n) is 8.30. The molecule has 0 aromatic heterocycles. The van der Waals surface area contributed by atoms with Gasteiger partial charge in [-0.05, 0) is 43.2 Å². The van der Waals surface area contributed by atoms with Crippen molar-refractivity contribution in [3.8, 4) is 5.75 Å².